The van der Waals surface area contributed by atoms with Gasteiger partial charge in [-0.1, -0.05) is 271 Å². The molecule has 1 aliphatic rings. The second-order valence-corrected chi connectivity index (χ2v) is 25.7. The standard InChI is InChI=1S/C83H102N2/c1-8-13-18-22-24-30-57-83(58-31-25-23-19-14-9-2)77-59-63(7)39-54-73(77)74-55-56-79-81(82(74)83)75-35-28-29-36-78(75)85(79)80-61-68(33-26-20-15-10-3)76(60-69(80)34-27-21-16-11-4)67-46-52-72(53-47-67)84(70-48-37-62(6)38-49-70)71-50-44-66(45-51-71)65-42-40-64(41-43-65)32-17-12-5/h28-29,35-56,59-61H,8-27,30-34,57-58H2,1-7H3. The lowest BCUT2D eigenvalue weighted by Gasteiger charge is -2.34. The molecule has 8 aromatic carbocycles. The third kappa shape index (κ3) is 14.1. The van der Waals surface area contributed by atoms with Gasteiger partial charge in [0.15, 0.2) is 0 Å². The average molecular weight is 1130 g/mol. The van der Waals surface area contributed by atoms with Gasteiger partial charge in [-0.2, -0.15) is 0 Å². The highest BCUT2D eigenvalue weighted by atomic mass is 15.1. The van der Waals surface area contributed by atoms with Crippen molar-refractivity contribution < 1.29 is 0 Å². The third-order valence-corrected chi connectivity index (χ3v) is 19.3. The molecule has 2 heteroatoms. The first-order valence-corrected chi connectivity index (χ1v) is 34.3. The van der Waals surface area contributed by atoms with Crippen LogP contribution in [0.25, 0.3) is 60.9 Å². The second-order valence-electron chi connectivity index (χ2n) is 25.7. The number of nitrogens with zero attached hydrogens (tertiary/aromatic N) is 2. The van der Waals surface area contributed by atoms with Crippen LogP contribution in [0, 0.1) is 13.8 Å². The summed E-state index contributed by atoms with van der Waals surface area (Å²) in [5.74, 6) is 0. The van der Waals surface area contributed by atoms with E-state index in [0.717, 1.165) is 24.9 Å². The molecule has 1 heterocycles. The normalized spacial score (nSPS) is 12.6. The van der Waals surface area contributed by atoms with Crippen molar-refractivity contribution in [3.8, 4) is 39.1 Å². The molecule has 0 aliphatic heterocycles. The Hall–Kier alpha value is -6.64. The van der Waals surface area contributed by atoms with E-state index < -0.39 is 0 Å². The summed E-state index contributed by atoms with van der Waals surface area (Å²) < 4.78 is 2.75. The van der Waals surface area contributed by atoms with Gasteiger partial charge in [-0.3, -0.25) is 0 Å². The van der Waals surface area contributed by atoms with E-state index >= 15 is 0 Å². The first-order chi connectivity index (χ1) is 41.8. The minimum Gasteiger partial charge on any atom is -0.311 e. The molecule has 0 N–H and O–H groups in total. The van der Waals surface area contributed by atoms with E-state index in [1.165, 1.54) is 254 Å². The van der Waals surface area contributed by atoms with Crippen LogP contribution in [0.5, 0.6) is 0 Å². The Morgan fingerprint density at radius 1 is 0.365 bits per heavy atom. The van der Waals surface area contributed by atoms with Gasteiger partial charge < -0.3 is 9.47 Å². The molecule has 2 nitrogen and oxygen atoms in total. The summed E-state index contributed by atoms with van der Waals surface area (Å²) in [4.78, 5) is 2.43. The number of hydrogen-bond donors (Lipinski definition) is 0. The van der Waals surface area contributed by atoms with Crippen molar-refractivity contribution in [1.82, 2.24) is 4.57 Å². The summed E-state index contributed by atoms with van der Waals surface area (Å²) in [5.41, 5.74) is 26.0. The smallest absolute Gasteiger partial charge is 0.0544 e. The molecule has 0 unspecified atom stereocenters. The Kier molecular flexibility index (Phi) is 21.8. The maximum absolute atomic E-state index is 2.75. The second kappa shape index (κ2) is 30.1. The van der Waals surface area contributed by atoms with E-state index in [4.69, 9.17) is 0 Å². The molecule has 0 saturated heterocycles. The molecule has 444 valence electrons. The fourth-order valence-electron chi connectivity index (χ4n) is 14.5. The lowest BCUT2D eigenvalue weighted by atomic mass is 9.69. The molecule has 1 aliphatic carbocycles. The number of anilines is 3. The van der Waals surface area contributed by atoms with E-state index in [2.05, 4.69) is 222 Å². The molecule has 0 spiro atoms. The monoisotopic (exact) mass is 1130 g/mol. The summed E-state index contributed by atoms with van der Waals surface area (Å²) in [6.45, 7) is 16.2. The fourth-order valence-corrected chi connectivity index (χ4v) is 14.5. The third-order valence-electron chi connectivity index (χ3n) is 19.3. The van der Waals surface area contributed by atoms with Gasteiger partial charge in [0.05, 0.1) is 11.0 Å². The zero-order chi connectivity index (χ0) is 59.0. The average Bonchev–Trinajstić information content (AvgIpc) is 1.56. The minimum absolute atomic E-state index is 0.0248. The Morgan fingerprint density at radius 3 is 1.46 bits per heavy atom. The Morgan fingerprint density at radius 2 is 0.859 bits per heavy atom. The molecule has 9 aromatic rings. The van der Waals surface area contributed by atoms with E-state index in [1.54, 1.807) is 11.1 Å². The topological polar surface area (TPSA) is 8.17 Å². The number of fused-ring (bicyclic) bond motifs is 7. The van der Waals surface area contributed by atoms with Crippen LogP contribution < -0.4 is 4.90 Å². The van der Waals surface area contributed by atoms with Gasteiger partial charge in [0.1, 0.15) is 0 Å². The van der Waals surface area contributed by atoms with Crippen molar-refractivity contribution in [3.05, 3.63) is 203 Å². The number of hydrogen-bond acceptors (Lipinski definition) is 1. The highest BCUT2D eigenvalue weighted by molar-refractivity contribution is 6.14. The minimum atomic E-state index is -0.0248. The maximum atomic E-state index is 2.75. The van der Waals surface area contributed by atoms with Crippen LogP contribution in [0.3, 0.4) is 0 Å². The van der Waals surface area contributed by atoms with Gasteiger partial charge in [-0.25, -0.2) is 0 Å². The first-order valence-electron chi connectivity index (χ1n) is 34.3. The van der Waals surface area contributed by atoms with Gasteiger partial charge in [0, 0.05) is 38.9 Å². The lowest BCUT2D eigenvalue weighted by molar-refractivity contribution is 0.400. The van der Waals surface area contributed by atoms with Crippen LogP contribution in [-0.4, -0.2) is 4.57 Å². The molecule has 10 rings (SSSR count). The molecule has 0 bridgehead atoms. The molecule has 0 atom stereocenters. The van der Waals surface area contributed by atoms with Crippen LogP contribution in [0.4, 0.5) is 17.1 Å². The molecule has 1 aromatic heterocycles. The van der Waals surface area contributed by atoms with E-state index in [-0.39, 0.29) is 5.41 Å². The fraction of sp³-hybridized carbons (Fsp3) is 0.422. The Balaban J connectivity index is 1.10. The summed E-state index contributed by atoms with van der Waals surface area (Å²) >= 11 is 0. The van der Waals surface area contributed by atoms with Crippen LogP contribution in [0.2, 0.25) is 0 Å². The Labute approximate surface area is 514 Å². The lowest BCUT2D eigenvalue weighted by Crippen LogP contribution is -2.26. The molecule has 85 heavy (non-hydrogen) atoms. The number of unbranched alkanes of at least 4 members (excludes halogenated alkanes) is 17. The van der Waals surface area contributed by atoms with Crippen molar-refractivity contribution in [2.75, 3.05) is 4.90 Å². The SMILES string of the molecule is CCCCCCCCC1(CCCCCCCC)c2cc(C)ccc2-c2ccc3c(c21)c1ccccc1n3-c1cc(CCCCCC)c(-c2ccc(N(c3ccc(C)cc3)c3ccc(-c4ccc(CCCC)cc4)cc3)cc2)cc1CCCCCC. The van der Waals surface area contributed by atoms with Crippen molar-refractivity contribution in [1.29, 1.82) is 0 Å². The Bertz CT molecular complexity index is 3520. The van der Waals surface area contributed by atoms with Crippen LogP contribution in [0.15, 0.2) is 164 Å². The predicted molar refractivity (Wildman–Crippen MR) is 372 cm³/mol. The summed E-state index contributed by atoms with van der Waals surface area (Å²) in [5, 5.41) is 2.92. The number of aromatic nitrogens is 1. The highest BCUT2D eigenvalue weighted by Crippen LogP contribution is 2.58. The van der Waals surface area contributed by atoms with E-state index in [9.17, 15) is 0 Å². The van der Waals surface area contributed by atoms with Crippen LogP contribution >= 0.6 is 0 Å². The van der Waals surface area contributed by atoms with Crippen molar-refractivity contribution in [3.63, 3.8) is 0 Å². The number of para-hydroxylation sites is 1. The molecule has 0 radical (unpaired) electrons. The number of aryl methyl sites for hydroxylation is 5. The van der Waals surface area contributed by atoms with Gasteiger partial charge in [0.2, 0.25) is 0 Å². The summed E-state index contributed by atoms with van der Waals surface area (Å²) in [7, 11) is 0. The number of rotatable bonds is 33. The zero-order valence-corrected chi connectivity index (χ0v) is 53.6. The molecule has 0 fully saturated rings. The molecular weight excluding hydrogens is 1020 g/mol. The molecule has 0 amide bonds. The van der Waals surface area contributed by atoms with Gasteiger partial charge >= 0.3 is 0 Å². The van der Waals surface area contributed by atoms with Crippen LogP contribution in [-0.2, 0) is 24.7 Å². The van der Waals surface area contributed by atoms with E-state index in [1.807, 2.05) is 0 Å². The maximum Gasteiger partial charge on any atom is 0.0544 e. The number of benzene rings is 8. The molecular formula is C83H102N2. The summed E-state index contributed by atoms with van der Waals surface area (Å²) in [6.07, 6.45) is 33.9. The van der Waals surface area contributed by atoms with Crippen molar-refractivity contribution in [2.45, 2.75) is 227 Å². The predicted octanol–water partition coefficient (Wildman–Crippen LogP) is 25.6. The van der Waals surface area contributed by atoms with Gasteiger partial charge in [-0.15, -0.1) is 0 Å². The first kappa shape index (κ1) is 61.4. The highest BCUT2D eigenvalue weighted by Gasteiger charge is 2.44. The summed E-state index contributed by atoms with van der Waals surface area (Å²) in [6, 6.07) is 64.6. The van der Waals surface area contributed by atoms with Crippen molar-refractivity contribution >= 4 is 38.9 Å². The van der Waals surface area contributed by atoms with E-state index in [0.29, 0.717) is 0 Å². The van der Waals surface area contributed by atoms with Crippen molar-refractivity contribution in [2.24, 2.45) is 0 Å². The van der Waals surface area contributed by atoms with Gasteiger partial charge in [-0.05, 0) is 187 Å². The van der Waals surface area contributed by atoms with Gasteiger partial charge in [0.25, 0.3) is 0 Å². The zero-order valence-electron chi connectivity index (χ0n) is 53.6. The molecule has 0 saturated carbocycles. The quantitative estimate of drug-likeness (QED) is 0.0372. The van der Waals surface area contributed by atoms with Crippen LogP contribution in [0.1, 0.15) is 228 Å². The largest absolute Gasteiger partial charge is 0.311 e.